The summed E-state index contributed by atoms with van der Waals surface area (Å²) in [6.07, 6.45) is -1.62. The number of ether oxygens (including phenoxy) is 2. The lowest BCUT2D eigenvalue weighted by molar-refractivity contribution is -0.726. The van der Waals surface area contributed by atoms with Gasteiger partial charge >= 0.3 is 12.1 Å². The van der Waals surface area contributed by atoms with E-state index in [1.807, 2.05) is 6.20 Å². The molecule has 0 radical (unpaired) electrons. The van der Waals surface area contributed by atoms with Crippen LogP contribution < -0.4 is 19.7 Å². The van der Waals surface area contributed by atoms with Crippen LogP contribution in [-0.4, -0.2) is 31.1 Å². The monoisotopic (exact) mass is 546 g/mol. The van der Waals surface area contributed by atoms with E-state index < -0.39 is 17.6 Å². The van der Waals surface area contributed by atoms with Crippen molar-refractivity contribution in [1.29, 1.82) is 0 Å². The number of aromatic nitrogens is 1. The van der Waals surface area contributed by atoms with Gasteiger partial charge in [0.1, 0.15) is 16.4 Å². The first kappa shape index (κ1) is 28.9. The number of alkyl halides is 3. The number of amides is 1. The highest BCUT2D eigenvalue weighted by Crippen LogP contribution is 2.34. The quantitative estimate of drug-likeness (QED) is 0.385. The van der Waals surface area contributed by atoms with Crippen molar-refractivity contribution in [2.75, 3.05) is 7.05 Å². The van der Waals surface area contributed by atoms with Crippen molar-refractivity contribution in [1.82, 2.24) is 5.32 Å². The number of hydrogen-bond acceptors (Lipinski definition) is 7. The van der Waals surface area contributed by atoms with E-state index in [9.17, 15) is 22.8 Å². The third-order valence-corrected chi connectivity index (χ3v) is 5.59. The normalized spacial score (nSPS) is 11.3. The molecule has 0 spiro atoms. The molecular weight excluding hydrogens is 525 g/mol. The fourth-order valence-electron chi connectivity index (χ4n) is 2.47. The predicted molar refractivity (Wildman–Crippen MR) is 124 cm³/mol. The number of pyridine rings is 1. The number of carboxylic acid groups (broad SMARTS) is 1. The maximum atomic E-state index is 12.1. The van der Waals surface area contributed by atoms with E-state index in [-0.39, 0.29) is 18.6 Å². The Bertz CT molecular complexity index is 1250. The second kappa shape index (κ2) is 11.6. The highest BCUT2D eigenvalue weighted by molar-refractivity contribution is 7.20. The van der Waals surface area contributed by atoms with Crippen molar-refractivity contribution in [3.63, 3.8) is 0 Å². The molecule has 3 aromatic rings. The van der Waals surface area contributed by atoms with Crippen molar-refractivity contribution in [2.24, 2.45) is 5.41 Å². The van der Waals surface area contributed by atoms with Gasteiger partial charge in [-0.25, -0.2) is 0 Å². The number of hydrogen-bond donors (Lipinski definition) is 1. The van der Waals surface area contributed by atoms with Crippen molar-refractivity contribution in [3.8, 4) is 11.5 Å². The summed E-state index contributed by atoms with van der Waals surface area (Å²) in [5.74, 6) is -2.33. The zero-order valence-corrected chi connectivity index (χ0v) is 21.1. The van der Waals surface area contributed by atoms with Crippen LogP contribution in [0.2, 0.25) is 5.02 Å². The number of esters is 1. The summed E-state index contributed by atoms with van der Waals surface area (Å²) in [4.78, 5) is 33.5. The van der Waals surface area contributed by atoms with Gasteiger partial charge in [-0.2, -0.15) is 17.7 Å². The standard InChI is InChI=1S/C21H21ClN2O4S.C2HF3O2/c1-21(2,3)20(26)27-12-24-10-16(28-14-7-5-13(22)6-8-14)15-9-17(19(25)23-4)29-18(15)11-24;3-2(4,5)1(6)7/h5-11H,12H2,1-4H3;(H,6,7). The molecule has 3 rings (SSSR count). The number of fused-ring (bicyclic) bond motifs is 1. The maximum absolute atomic E-state index is 12.1. The van der Waals surface area contributed by atoms with Crippen LogP contribution in [0.1, 0.15) is 30.4 Å². The molecule has 0 aliphatic heterocycles. The average Bonchev–Trinajstić information content (AvgIpc) is 3.22. The molecule has 2 heterocycles. The Balaban J connectivity index is 0.000000572. The minimum atomic E-state index is -5.19. The highest BCUT2D eigenvalue weighted by Gasteiger charge is 2.29. The van der Waals surface area contributed by atoms with Crippen LogP contribution in [0.3, 0.4) is 0 Å². The Morgan fingerprint density at radius 3 is 2.19 bits per heavy atom. The van der Waals surface area contributed by atoms with E-state index in [4.69, 9.17) is 31.0 Å². The molecule has 0 aliphatic carbocycles. The van der Waals surface area contributed by atoms with Crippen LogP contribution in [0.4, 0.5) is 13.2 Å². The predicted octanol–water partition coefficient (Wildman–Crippen LogP) is 3.84. The van der Waals surface area contributed by atoms with Gasteiger partial charge in [-0.05, 0) is 51.1 Å². The van der Waals surface area contributed by atoms with E-state index in [2.05, 4.69) is 5.32 Å². The SMILES string of the molecule is CNC(=O)c1cc2c(Oc3ccc(Cl)cc3)c[n+](COC(=O)C(C)(C)C)cc2s1.O=C([O-])C(F)(F)F. The number of thiophene rings is 1. The minimum Gasteiger partial charge on any atom is -0.542 e. The number of carbonyl (C=O) groups excluding carboxylic acids is 3. The minimum absolute atomic E-state index is 0.0379. The van der Waals surface area contributed by atoms with Gasteiger partial charge in [-0.1, -0.05) is 11.6 Å². The Hall–Kier alpha value is -3.38. The second-order valence-electron chi connectivity index (χ2n) is 8.26. The van der Waals surface area contributed by atoms with Gasteiger partial charge in [-0.15, -0.1) is 11.3 Å². The molecule has 1 N–H and O–H groups in total. The van der Waals surface area contributed by atoms with Gasteiger partial charge < -0.3 is 24.7 Å². The molecular formula is C23H22ClF3N2O6S. The van der Waals surface area contributed by atoms with Crippen LogP contribution >= 0.6 is 22.9 Å². The summed E-state index contributed by atoms with van der Waals surface area (Å²) in [5, 5.41) is 12.8. The third-order valence-electron chi connectivity index (χ3n) is 4.27. The molecule has 1 amide bonds. The van der Waals surface area contributed by atoms with Crippen molar-refractivity contribution in [2.45, 2.75) is 33.7 Å². The van der Waals surface area contributed by atoms with Gasteiger partial charge in [-0.3, -0.25) is 9.59 Å². The number of benzene rings is 1. The molecule has 0 unspecified atom stereocenters. The summed E-state index contributed by atoms with van der Waals surface area (Å²) < 4.78 is 45.6. The lowest BCUT2D eigenvalue weighted by atomic mass is 9.98. The molecule has 194 valence electrons. The number of carboxylic acids is 1. The molecule has 36 heavy (non-hydrogen) atoms. The molecule has 8 nitrogen and oxygen atoms in total. The van der Waals surface area contributed by atoms with E-state index in [1.54, 1.807) is 68.9 Å². The van der Waals surface area contributed by atoms with E-state index in [1.165, 1.54) is 11.3 Å². The molecule has 0 atom stereocenters. The Morgan fingerprint density at radius 1 is 1.11 bits per heavy atom. The van der Waals surface area contributed by atoms with Crippen LogP contribution in [-0.2, 0) is 21.1 Å². The van der Waals surface area contributed by atoms with Crippen LogP contribution in [0.5, 0.6) is 11.5 Å². The summed E-state index contributed by atoms with van der Waals surface area (Å²) in [6.45, 7) is 5.43. The van der Waals surface area contributed by atoms with Gasteiger partial charge in [0.15, 0.2) is 11.9 Å². The number of halogens is 4. The number of carbonyl (C=O) groups is 3. The fraction of sp³-hybridized carbons (Fsp3) is 0.304. The van der Waals surface area contributed by atoms with Crippen LogP contribution in [0.25, 0.3) is 10.1 Å². The first-order chi connectivity index (χ1) is 16.6. The molecule has 0 fully saturated rings. The summed E-state index contributed by atoms with van der Waals surface area (Å²) in [6, 6.07) is 8.78. The summed E-state index contributed by atoms with van der Waals surface area (Å²) >= 11 is 7.28. The molecule has 0 aliphatic rings. The topological polar surface area (TPSA) is 109 Å². The first-order valence-corrected chi connectivity index (χ1v) is 11.4. The number of aliphatic carboxylic acids is 1. The maximum Gasteiger partial charge on any atom is 0.430 e. The van der Waals surface area contributed by atoms with Gasteiger partial charge in [0.25, 0.3) is 12.6 Å². The van der Waals surface area contributed by atoms with Crippen LogP contribution in [0.15, 0.2) is 42.7 Å². The molecule has 13 heteroatoms. The van der Waals surface area contributed by atoms with Crippen molar-refractivity contribution in [3.05, 3.63) is 52.6 Å². The van der Waals surface area contributed by atoms with Crippen molar-refractivity contribution < 1.29 is 46.7 Å². The summed E-state index contributed by atoms with van der Waals surface area (Å²) in [7, 11) is 1.59. The van der Waals surface area contributed by atoms with Crippen molar-refractivity contribution >= 4 is 50.9 Å². The number of nitrogens with one attached hydrogen (secondary N) is 1. The summed E-state index contributed by atoms with van der Waals surface area (Å²) in [5.41, 5.74) is -0.595. The molecule has 2 aromatic heterocycles. The van der Waals surface area contributed by atoms with Gasteiger partial charge in [0.2, 0.25) is 6.20 Å². The average molecular weight is 547 g/mol. The first-order valence-electron chi connectivity index (χ1n) is 10.2. The lowest BCUT2D eigenvalue weighted by Crippen LogP contribution is -2.37. The zero-order valence-electron chi connectivity index (χ0n) is 19.6. The highest BCUT2D eigenvalue weighted by atomic mass is 35.5. The Morgan fingerprint density at radius 2 is 1.69 bits per heavy atom. The lowest BCUT2D eigenvalue weighted by Gasteiger charge is -2.14. The molecule has 0 bridgehead atoms. The van der Waals surface area contributed by atoms with E-state index in [0.29, 0.717) is 21.4 Å². The Kier molecular flexibility index (Phi) is 9.27. The van der Waals surface area contributed by atoms with E-state index in [0.717, 1.165) is 10.1 Å². The van der Waals surface area contributed by atoms with Crippen LogP contribution in [0, 0.1) is 5.41 Å². The van der Waals surface area contributed by atoms with Gasteiger partial charge in [0, 0.05) is 17.5 Å². The molecule has 1 aromatic carbocycles. The number of nitrogens with zero attached hydrogens (tertiary/aromatic N) is 1. The second-order valence-corrected chi connectivity index (χ2v) is 9.78. The smallest absolute Gasteiger partial charge is 0.430 e. The molecule has 0 saturated carbocycles. The third kappa shape index (κ3) is 8.09. The Labute approximate surface area is 213 Å². The van der Waals surface area contributed by atoms with E-state index >= 15 is 0 Å². The largest absolute Gasteiger partial charge is 0.542 e. The molecule has 0 saturated heterocycles. The fourth-order valence-corrected chi connectivity index (χ4v) is 3.66. The van der Waals surface area contributed by atoms with Gasteiger partial charge in [0.05, 0.1) is 10.3 Å². The number of rotatable bonds is 5. The zero-order chi connectivity index (χ0) is 27.3.